The van der Waals surface area contributed by atoms with Crippen LogP contribution in [0.15, 0.2) is 42.5 Å². The van der Waals surface area contributed by atoms with Crippen LogP contribution in [0, 0.1) is 13.8 Å². The van der Waals surface area contributed by atoms with Crippen molar-refractivity contribution in [2.24, 2.45) is 0 Å². The van der Waals surface area contributed by atoms with E-state index in [4.69, 9.17) is 9.84 Å². The van der Waals surface area contributed by atoms with Gasteiger partial charge in [-0.25, -0.2) is 0 Å². The Hall–Kier alpha value is -2.33. The van der Waals surface area contributed by atoms with E-state index < -0.39 is 0 Å². The number of aryl methyl sites for hydroxylation is 1. The summed E-state index contributed by atoms with van der Waals surface area (Å²) in [6, 6.07) is 13.2. The van der Waals surface area contributed by atoms with Gasteiger partial charge in [0.15, 0.2) is 0 Å². The van der Waals surface area contributed by atoms with Crippen LogP contribution in [0.1, 0.15) is 27.0 Å². The Morgan fingerprint density at radius 3 is 2.68 bits per heavy atom. The number of benzene rings is 2. The average Bonchev–Trinajstić information content (AvgIpc) is 2.54. The maximum absolute atomic E-state index is 12.3. The van der Waals surface area contributed by atoms with Gasteiger partial charge in [-0.2, -0.15) is 0 Å². The number of amides is 1. The van der Waals surface area contributed by atoms with Crippen LogP contribution in [-0.2, 0) is 6.54 Å². The van der Waals surface area contributed by atoms with Crippen molar-refractivity contribution in [3.05, 3.63) is 64.7 Å². The van der Waals surface area contributed by atoms with E-state index in [9.17, 15) is 4.79 Å². The van der Waals surface area contributed by atoms with Gasteiger partial charge in [0.05, 0.1) is 6.61 Å². The molecule has 0 bridgehead atoms. The summed E-state index contributed by atoms with van der Waals surface area (Å²) in [6.07, 6.45) is 0. The lowest BCUT2D eigenvalue weighted by atomic mass is 10.0. The molecular weight excluding hydrogens is 278 g/mol. The number of aliphatic hydroxyl groups excluding tert-OH is 1. The Morgan fingerprint density at radius 1 is 1.14 bits per heavy atom. The van der Waals surface area contributed by atoms with Crippen LogP contribution >= 0.6 is 0 Å². The monoisotopic (exact) mass is 299 g/mol. The summed E-state index contributed by atoms with van der Waals surface area (Å²) in [5, 5.41) is 11.8. The summed E-state index contributed by atoms with van der Waals surface area (Å²) in [7, 11) is 0. The van der Waals surface area contributed by atoms with Crippen LogP contribution in [0.5, 0.6) is 5.75 Å². The Kier molecular flexibility index (Phi) is 5.55. The van der Waals surface area contributed by atoms with Crippen LogP contribution in [0.4, 0.5) is 0 Å². The first kappa shape index (κ1) is 16.0. The highest BCUT2D eigenvalue weighted by molar-refractivity contribution is 5.95. The minimum Gasteiger partial charge on any atom is -0.491 e. The topological polar surface area (TPSA) is 58.6 Å². The molecule has 0 atom stereocenters. The van der Waals surface area contributed by atoms with E-state index in [1.807, 2.05) is 56.3 Å². The van der Waals surface area contributed by atoms with Gasteiger partial charge in [-0.1, -0.05) is 30.3 Å². The zero-order chi connectivity index (χ0) is 15.9. The van der Waals surface area contributed by atoms with Crippen LogP contribution in [0.3, 0.4) is 0 Å². The van der Waals surface area contributed by atoms with Gasteiger partial charge in [0.25, 0.3) is 5.91 Å². The summed E-state index contributed by atoms with van der Waals surface area (Å²) >= 11 is 0. The van der Waals surface area contributed by atoms with Gasteiger partial charge in [0.2, 0.25) is 0 Å². The molecule has 0 aromatic heterocycles. The van der Waals surface area contributed by atoms with E-state index in [-0.39, 0.29) is 19.1 Å². The molecule has 22 heavy (non-hydrogen) atoms. The van der Waals surface area contributed by atoms with Gasteiger partial charge >= 0.3 is 0 Å². The van der Waals surface area contributed by atoms with Crippen LogP contribution in [0.2, 0.25) is 0 Å². The molecule has 0 aliphatic heterocycles. The summed E-state index contributed by atoms with van der Waals surface area (Å²) in [6.45, 7) is 4.52. The fourth-order valence-corrected chi connectivity index (χ4v) is 2.21. The van der Waals surface area contributed by atoms with Crippen LogP contribution in [0.25, 0.3) is 0 Å². The second-order valence-electron chi connectivity index (χ2n) is 5.11. The maximum atomic E-state index is 12.3. The fraction of sp³-hybridized carbons (Fsp3) is 0.278. The zero-order valence-corrected chi connectivity index (χ0v) is 12.9. The van der Waals surface area contributed by atoms with E-state index in [0.717, 1.165) is 16.7 Å². The van der Waals surface area contributed by atoms with Gasteiger partial charge in [-0.05, 0) is 37.1 Å². The molecule has 4 heteroatoms. The van der Waals surface area contributed by atoms with E-state index in [1.54, 1.807) is 0 Å². The number of ether oxygens (including phenoxy) is 1. The third kappa shape index (κ3) is 3.86. The van der Waals surface area contributed by atoms with Crippen LogP contribution in [-0.4, -0.2) is 24.2 Å². The largest absolute Gasteiger partial charge is 0.491 e. The van der Waals surface area contributed by atoms with Crippen molar-refractivity contribution >= 4 is 5.91 Å². The molecule has 0 spiro atoms. The molecular formula is C18H21NO3. The number of para-hydroxylation sites is 1. The zero-order valence-electron chi connectivity index (χ0n) is 12.9. The molecule has 0 unspecified atom stereocenters. The second kappa shape index (κ2) is 7.61. The normalized spacial score (nSPS) is 10.3. The summed E-state index contributed by atoms with van der Waals surface area (Å²) in [4.78, 5) is 12.3. The minimum atomic E-state index is -0.0989. The lowest BCUT2D eigenvalue weighted by molar-refractivity contribution is 0.0949. The molecule has 4 nitrogen and oxygen atoms in total. The van der Waals surface area contributed by atoms with E-state index >= 15 is 0 Å². The molecule has 1 amide bonds. The first-order valence-corrected chi connectivity index (χ1v) is 7.29. The Balaban J connectivity index is 2.07. The van der Waals surface area contributed by atoms with Crippen molar-refractivity contribution in [2.45, 2.75) is 20.4 Å². The predicted octanol–water partition coefficient (Wildman–Crippen LogP) is 2.60. The molecule has 2 aromatic rings. The van der Waals surface area contributed by atoms with Crippen LogP contribution < -0.4 is 10.1 Å². The number of carbonyl (C=O) groups excluding carboxylic acids is 1. The summed E-state index contributed by atoms with van der Waals surface area (Å²) < 4.78 is 5.47. The fourth-order valence-electron chi connectivity index (χ4n) is 2.21. The highest BCUT2D eigenvalue weighted by Gasteiger charge is 2.11. The predicted molar refractivity (Wildman–Crippen MR) is 86.1 cm³/mol. The third-order valence-electron chi connectivity index (χ3n) is 3.61. The van der Waals surface area contributed by atoms with Gasteiger partial charge in [0, 0.05) is 17.7 Å². The smallest absolute Gasteiger partial charge is 0.251 e. The number of carbonyl (C=O) groups is 1. The molecule has 0 aliphatic rings. The van der Waals surface area contributed by atoms with Gasteiger partial charge in [-0.15, -0.1) is 0 Å². The molecule has 0 fully saturated rings. The quantitative estimate of drug-likeness (QED) is 0.862. The molecule has 0 saturated carbocycles. The molecule has 2 rings (SSSR count). The van der Waals surface area contributed by atoms with Crippen molar-refractivity contribution in [3.8, 4) is 5.75 Å². The molecule has 2 N–H and O–H groups in total. The average molecular weight is 299 g/mol. The summed E-state index contributed by atoms with van der Waals surface area (Å²) in [5.74, 6) is 0.580. The molecule has 2 aromatic carbocycles. The van der Waals surface area contributed by atoms with E-state index in [0.29, 0.717) is 17.9 Å². The van der Waals surface area contributed by atoms with Gasteiger partial charge < -0.3 is 15.2 Å². The molecule has 0 heterocycles. The van der Waals surface area contributed by atoms with E-state index in [2.05, 4.69) is 5.32 Å². The number of hydrogen-bond donors (Lipinski definition) is 2. The van der Waals surface area contributed by atoms with Crippen molar-refractivity contribution in [1.29, 1.82) is 0 Å². The van der Waals surface area contributed by atoms with Crippen molar-refractivity contribution in [1.82, 2.24) is 5.32 Å². The number of hydrogen-bond acceptors (Lipinski definition) is 3. The maximum Gasteiger partial charge on any atom is 0.251 e. The Bertz CT molecular complexity index is 653. The van der Waals surface area contributed by atoms with Gasteiger partial charge in [-0.3, -0.25) is 4.79 Å². The SMILES string of the molecule is Cc1cccc(C(=O)NCc2ccccc2OCCO)c1C. The molecule has 0 saturated heterocycles. The lowest BCUT2D eigenvalue weighted by Gasteiger charge is -2.13. The Labute approximate surface area is 130 Å². The van der Waals surface area contributed by atoms with Crippen molar-refractivity contribution < 1.29 is 14.6 Å². The molecule has 0 aliphatic carbocycles. The first-order chi connectivity index (χ1) is 10.6. The lowest BCUT2D eigenvalue weighted by Crippen LogP contribution is -2.24. The standard InChI is InChI=1S/C18H21NO3/c1-13-6-5-8-16(14(13)2)18(21)19-12-15-7-3-4-9-17(15)22-11-10-20/h3-9,20H,10-12H2,1-2H3,(H,19,21). The van der Waals surface area contributed by atoms with Crippen molar-refractivity contribution in [2.75, 3.05) is 13.2 Å². The van der Waals surface area contributed by atoms with E-state index in [1.165, 1.54) is 0 Å². The highest BCUT2D eigenvalue weighted by atomic mass is 16.5. The second-order valence-corrected chi connectivity index (χ2v) is 5.11. The third-order valence-corrected chi connectivity index (χ3v) is 3.61. The Morgan fingerprint density at radius 2 is 1.91 bits per heavy atom. The number of aliphatic hydroxyl groups is 1. The van der Waals surface area contributed by atoms with Gasteiger partial charge in [0.1, 0.15) is 12.4 Å². The number of rotatable bonds is 6. The molecule has 116 valence electrons. The number of nitrogens with one attached hydrogen (secondary N) is 1. The van der Waals surface area contributed by atoms with Crippen molar-refractivity contribution in [3.63, 3.8) is 0 Å². The first-order valence-electron chi connectivity index (χ1n) is 7.29. The summed E-state index contributed by atoms with van der Waals surface area (Å²) in [5.41, 5.74) is 3.66. The highest BCUT2D eigenvalue weighted by Crippen LogP contribution is 2.18. The molecule has 0 radical (unpaired) electrons. The minimum absolute atomic E-state index is 0.0385.